The van der Waals surface area contributed by atoms with Gasteiger partial charge >= 0.3 is 5.97 Å². The number of hydrogen-bond donors (Lipinski definition) is 2. The second kappa shape index (κ2) is 11.4. The van der Waals surface area contributed by atoms with E-state index in [0.29, 0.717) is 24.2 Å². The van der Waals surface area contributed by atoms with E-state index >= 15 is 0 Å². The molecule has 0 bridgehead atoms. The maximum absolute atomic E-state index is 13.1. The Labute approximate surface area is 253 Å². The lowest BCUT2D eigenvalue weighted by molar-refractivity contribution is -0.121. The van der Waals surface area contributed by atoms with Gasteiger partial charge in [0.25, 0.3) is 5.91 Å². The zero-order valence-corrected chi connectivity index (χ0v) is 23.8. The van der Waals surface area contributed by atoms with Crippen molar-refractivity contribution in [2.45, 2.75) is 25.3 Å². The molecule has 1 atom stereocenters. The van der Waals surface area contributed by atoms with Crippen molar-refractivity contribution in [3.63, 3.8) is 0 Å². The van der Waals surface area contributed by atoms with Gasteiger partial charge in [0, 0.05) is 29.2 Å². The summed E-state index contributed by atoms with van der Waals surface area (Å²) in [5.74, 6) is -1.58. The Bertz CT molecular complexity index is 1940. The highest BCUT2D eigenvalue weighted by Crippen LogP contribution is 2.36. The molecule has 1 fully saturated rings. The van der Waals surface area contributed by atoms with Gasteiger partial charge in [-0.3, -0.25) is 14.4 Å². The molecule has 218 valence electrons. The molecular weight excluding hydrogens is 554 g/mol. The van der Waals surface area contributed by atoms with E-state index in [9.17, 15) is 19.2 Å². The first-order valence-electron chi connectivity index (χ1n) is 14.6. The summed E-state index contributed by atoms with van der Waals surface area (Å²) in [6.07, 6.45) is 3.51. The van der Waals surface area contributed by atoms with Gasteiger partial charge in [0.15, 0.2) is 12.4 Å². The van der Waals surface area contributed by atoms with Gasteiger partial charge in [-0.2, -0.15) is 0 Å². The number of benzene rings is 4. The summed E-state index contributed by atoms with van der Waals surface area (Å²) in [5, 5.41) is 4.36. The predicted octanol–water partition coefficient (Wildman–Crippen LogP) is 5.24. The third-order valence-electron chi connectivity index (χ3n) is 8.42. The minimum Gasteiger partial charge on any atom is -0.454 e. The van der Waals surface area contributed by atoms with Crippen molar-refractivity contribution in [2.75, 3.05) is 18.1 Å². The Balaban J connectivity index is 0.931. The number of carbonyl (C=O) groups excluding carboxylic acids is 4. The number of ketones is 1. The number of fused-ring (bicyclic) bond motifs is 4. The van der Waals surface area contributed by atoms with Crippen LogP contribution in [0.4, 0.5) is 5.69 Å². The van der Waals surface area contributed by atoms with Crippen molar-refractivity contribution < 1.29 is 23.9 Å². The van der Waals surface area contributed by atoms with Crippen LogP contribution in [-0.4, -0.2) is 47.7 Å². The molecule has 2 amide bonds. The lowest BCUT2D eigenvalue weighted by atomic mass is 10.0. The Hall–Kier alpha value is -5.34. The molecular formula is C36H29N3O5. The van der Waals surface area contributed by atoms with E-state index in [-0.39, 0.29) is 36.2 Å². The molecule has 2 aliphatic rings. The standard InChI is InChI=1S/C36H29N3O5/c40-33(24-11-14-29-26(18-24)17-23-5-1-2-6-28(23)29)21-44-36(43)22-9-12-27(13-10-22)39-34(41)19-32(35(39)42)37-16-15-25-20-38-31-8-4-3-7-30(25)31/h1-14,18,20,32,37-38H,15-17,19,21H2. The first-order valence-corrected chi connectivity index (χ1v) is 14.6. The molecule has 4 aromatic carbocycles. The quantitative estimate of drug-likeness (QED) is 0.137. The van der Waals surface area contributed by atoms with Gasteiger partial charge in [-0.15, -0.1) is 0 Å². The van der Waals surface area contributed by atoms with Crippen LogP contribution in [0.1, 0.15) is 43.8 Å². The number of hydrogen-bond acceptors (Lipinski definition) is 6. The Morgan fingerprint density at radius 3 is 2.48 bits per heavy atom. The number of Topliss-reactive ketones (excluding diaryl/α,β-unsaturated/α-hetero) is 1. The van der Waals surface area contributed by atoms with Crippen molar-refractivity contribution >= 4 is 40.2 Å². The van der Waals surface area contributed by atoms with Crippen LogP contribution in [0.3, 0.4) is 0 Å². The van der Waals surface area contributed by atoms with Crippen molar-refractivity contribution in [2.24, 2.45) is 0 Å². The van der Waals surface area contributed by atoms with Crippen LogP contribution in [0.25, 0.3) is 22.0 Å². The number of para-hydroxylation sites is 1. The zero-order valence-electron chi connectivity index (χ0n) is 23.8. The number of amides is 2. The molecule has 8 nitrogen and oxygen atoms in total. The van der Waals surface area contributed by atoms with Gasteiger partial charge in [0.2, 0.25) is 5.91 Å². The van der Waals surface area contributed by atoms with E-state index in [0.717, 1.165) is 38.9 Å². The van der Waals surface area contributed by atoms with Crippen molar-refractivity contribution in [3.8, 4) is 11.1 Å². The average molecular weight is 584 g/mol. The van der Waals surface area contributed by atoms with Crippen molar-refractivity contribution in [1.29, 1.82) is 0 Å². The number of ether oxygens (including phenoxy) is 1. The van der Waals surface area contributed by atoms with Crippen LogP contribution in [0.5, 0.6) is 0 Å². The van der Waals surface area contributed by atoms with E-state index in [1.54, 1.807) is 18.2 Å². The topological polar surface area (TPSA) is 109 Å². The zero-order chi connectivity index (χ0) is 30.2. The number of esters is 1. The molecule has 1 aromatic heterocycles. The van der Waals surface area contributed by atoms with Gasteiger partial charge in [-0.25, -0.2) is 9.69 Å². The second-order valence-electron chi connectivity index (χ2n) is 11.1. The normalized spacial score (nSPS) is 15.5. The highest BCUT2D eigenvalue weighted by molar-refractivity contribution is 6.22. The minimum atomic E-state index is -0.658. The first kappa shape index (κ1) is 27.5. The summed E-state index contributed by atoms with van der Waals surface area (Å²) in [4.78, 5) is 55.8. The third kappa shape index (κ3) is 5.09. The molecule has 2 N–H and O–H groups in total. The van der Waals surface area contributed by atoms with Crippen LogP contribution in [-0.2, 0) is 27.2 Å². The second-order valence-corrected chi connectivity index (χ2v) is 11.1. The smallest absolute Gasteiger partial charge is 0.338 e. The Kier molecular flexibility index (Phi) is 7.12. The molecule has 1 saturated heterocycles. The third-order valence-corrected chi connectivity index (χ3v) is 8.42. The summed E-state index contributed by atoms with van der Waals surface area (Å²) in [7, 11) is 0. The molecule has 2 heterocycles. The number of imide groups is 1. The maximum Gasteiger partial charge on any atom is 0.338 e. The number of rotatable bonds is 9. The predicted molar refractivity (Wildman–Crippen MR) is 167 cm³/mol. The Morgan fingerprint density at radius 2 is 1.61 bits per heavy atom. The highest BCUT2D eigenvalue weighted by atomic mass is 16.5. The fourth-order valence-corrected chi connectivity index (χ4v) is 6.15. The molecule has 0 spiro atoms. The monoisotopic (exact) mass is 583 g/mol. The number of carbonyl (C=O) groups is 4. The van der Waals surface area contributed by atoms with E-state index < -0.39 is 12.0 Å². The van der Waals surface area contributed by atoms with Gasteiger partial charge in [-0.05, 0) is 77.1 Å². The molecule has 5 aromatic rings. The van der Waals surface area contributed by atoms with Crippen LogP contribution in [0, 0.1) is 0 Å². The lowest BCUT2D eigenvalue weighted by Crippen LogP contribution is -2.39. The lowest BCUT2D eigenvalue weighted by Gasteiger charge is -2.16. The number of nitrogens with one attached hydrogen (secondary N) is 2. The first-order chi connectivity index (χ1) is 21.5. The maximum atomic E-state index is 13.1. The summed E-state index contributed by atoms with van der Waals surface area (Å²) in [6.45, 7) is 0.156. The van der Waals surface area contributed by atoms with Crippen LogP contribution in [0.15, 0.2) is 97.2 Å². The number of H-pyrrole nitrogens is 1. The van der Waals surface area contributed by atoms with E-state index in [4.69, 9.17) is 4.74 Å². The summed E-state index contributed by atoms with van der Waals surface area (Å²) in [6, 6.07) is 27.2. The fourth-order valence-electron chi connectivity index (χ4n) is 6.15. The number of nitrogens with zero attached hydrogens (tertiary/aromatic N) is 1. The van der Waals surface area contributed by atoms with Crippen molar-refractivity contribution in [3.05, 3.63) is 125 Å². The minimum absolute atomic E-state index is 0.0629. The van der Waals surface area contributed by atoms with Crippen molar-refractivity contribution in [1.82, 2.24) is 10.3 Å². The molecule has 44 heavy (non-hydrogen) atoms. The molecule has 1 unspecified atom stereocenters. The summed E-state index contributed by atoms with van der Waals surface area (Å²) < 4.78 is 5.30. The fraction of sp³-hybridized carbons (Fsp3) is 0.167. The molecule has 0 radical (unpaired) electrons. The van der Waals surface area contributed by atoms with Gasteiger partial charge in [-0.1, -0.05) is 54.6 Å². The van der Waals surface area contributed by atoms with Crippen LogP contribution in [0.2, 0.25) is 0 Å². The van der Waals surface area contributed by atoms with Crippen LogP contribution >= 0.6 is 0 Å². The number of aromatic amines is 1. The average Bonchev–Trinajstić information content (AvgIpc) is 3.72. The van der Waals surface area contributed by atoms with E-state index in [1.165, 1.54) is 23.3 Å². The van der Waals surface area contributed by atoms with Gasteiger partial charge < -0.3 is 15.0 Å². The molecule has 1 aliphatic carbocycles. The summed E-state index contributed by atoms with van der Waals surface area (Å²) in [5.41, 5.74) is 7.92. The molecule has 1 aliphatic heterocycles. The van der Waals surface area contributed by atoms with Gasteiger partial charge in [0.1, 0.15) is 0 Å². The summed E-state index contributed by atoms with van der Waals surface area (Å²) >= 11 is 0. The SMILES string of the molecule is O=C(COC(=O)c1ccc(N2C(=O)CC(NCCc3c[nH]c4ccccc34)C2=O)cc1)c1ccc2c(c1)Cc1ccccc1-2. The number of anilines is 1. The van der Waals surface area contributed by atoms with E-state index in [2.05, 4.69) is 28.5 Å². The largest absolute Gasteiger partial charge is 0.454 e. The molecule has 7 rings (SSSR count). The van der Waals surface area contributed by atoms with E-state index in [1.807, 2.05) is 48.7 Å². The molecule has 8 heteroatoms. The van der Waals surface area contributed by atoms with Crippen LogP contribution < -0.4 is 10.2 Å². The number of aromatic nitrogens is 1. The van der Waals surface area contributed by atoms with Gasteiger partial charge in [0.05, 0.1) is 23.7 Å². The highest BCUT2D eigenvalue weighted by Gasteiger charge is 2.39. The Morgan fingerprint density at radius 1 is 0.864 bits per heavy atom. The molecule has 0 saturated carbocycles.